The van der Waals surface area contributed by atoms with Crippen LogP contribution in [0.15, 0.2) is 54.7 Å². The van der Waals surface area contributed by atoms with Gasteiger partial charge in [-0.25, -0.2) is 12.7 Å². The van der Waals surface area contributed by atoms with Crippen LogP contribution in [-0.4, -0.2) is 36.8 Å². The molecule has 0 bridgehead atoms. The largest absolute Gasteiger partial charge is 0.455 e. The zero-order chi connectivity index (χ0) is 20.9. The Kier molecular flexibility index (Phi) is 7.03. The van der Waals surface area contributed by atoms with E-state index in [0.29, 0.717) is 25.9 Å². The molecule has 29 heavy (non-hydrogen) atoms. The van der Waals surface area contributed by atoms with Gasteiger partial charge in [0.15, 0.2) is 0 Å². The van der Waals surface area contributed by atoms with Crippen molar-refractivity contribution < 1.29 is 17.9 Å². The summed E-state index contributed by atoms with van der Waals surface area (Å²) in [5, 5.41) is 0. The third kappa shape index (κ3) is 5.64. The van der Waals surface area contributed by atoms with Gasteiger partial charge in [-0.3, -0.25) is 9.78 Å². The van der Waals surface area contributed by atoms with Crippen molar-refractivity contribution in [2.24, 2.45) is 11.8 Å². The highest BCUT2D eigenvalue weighted by Gasteiger charge is 2.33. The smallest absolute Gasteiger partial charge is 0.309 e. The van der Waals surface area contributed by atoms with Gasteiger partial charge in [0.1, 0.15) is 6.10 Å². The van der Waals surface area contributed by atoms with Gasteiger partial charge in [0.2, 0.25) is 10.0 Å². The molecule has 1 atom stereocenters. The first kappa shape index (κ1) is 21.5. The summed E-state index contributed by atoms with van der Waals surface area (Å²) in [7, 11) is -3.39. The van der Waals surface area contributed by atoms with E-state index in [0.717, 1.165) is 11.3 Å². The zero-order valence-electron chi connectivity index (χ0n) is 16.9. The maximum absolute atomic E-state index is 12.7. The predicted molar refractivity (Wildman–Crippen MR) is 111 cm³/mol. The van der Waals surface area contributed by atoms with Crippen molar-refractivity contribution in [1.82, 2.24) is 9.29 Å². The lowest BCUT2D eigenvalue weighted by Crippen LogP contribution is -2.41. The molecule has 1 aliphatic rings. The van der Waals surface area contributed by atoms with Crippen LogP contribution in [0.3, 0.4) is 0 Å². The fraction of sp³-hybridized carbons (Fsp3) is 0.455. The molecular formula is C22H28N2O4S. The quantitative estimate of drug-likeness (QED) is 0.645. The predicted octanol–water partition coefficient (Wildman–Crippen LogP) is 3.56. The molecule has 0 aliphatic carbocycles. The van der Waals surface area contributed by atoms with Gasteiger partial charge in [0, 0.05) is 19.3 Å². The number of aromatic nitrogens is 1. The van der Waals surface area contributed by atoms with E-state index in [1.807, 2.05) is 62.4 Å². The van der Waals surface area contributed by atoms with Crippen LogP contribution in [0.2, 0.25) is 0 Å². The fourth-order valence-electron chi connectivity index (χ4n) is 3.55. The number of nitrogens with zero attached hydrogens (tertiary/aromatic N) is 2. The first-order chi connectivity index (χ1) is 13.9. The molecule has 0 saturated carbocycles. The van der Waals surface area contributed by atoms with Crippen molar-refractivity contribution in [1.29, 1.82) is 0 Å². The zero-order valence-corrected chi connectivity index (χ0v) is 17.7. The van der Waals surface area contributed by atoms with E-state index in [1.165, 1.54) is 4.31 Å². The molecule has 1 saturated heterocycles. The van der Waals surface area contributed by atoms with Gasteiger partial charge in [-0.1, -0.05) is 50.2 Å². The number of hydrogen-bond acceptors (Lipinski definition) is 5. The molecule has 1 aliphatic heterocycles. The molecule has 156 valence electrons. The highest BCUT2D eigenvalue weighted by molar-refractivity contribution is 7.88. The minimum Gasteiger partial charge on any atom is -0.455 e. The summed E-state index contributed by atoms with van der Waals surface area (Å²) in [6, 6.07) is 14.7. The number of hydrogen-bond donors (Lipinski definition) is 0. The van der Waals surface area contributed by atoms with E-state index in [4.69, 9.17) is 4.74 Å². The van der Waals surface area contributed by atoms with Crippen molar-refractivity contribution in [3.05, 3.63) is 66.0 Å². The standard InChI is InChI=1S/C22H28N2O4S/c1-17(2)21(20-10-6-7-13-23-20)28-22(25)19-11-14-24(15-12-19)29(26,27)16-18-8-4-3-5-9-18/h3-10,13,17,19,21H,11-12,14-16H2,1-2H3. The summed E-state index contributed by atoms with van der Waals surface area (Å²) in [6.45, 7) is 4.66. The lowest BCUT2D eigenvalue weighted by molar-refractivity contribution is -0.158. The molecule has 1 unspecified atom stereocenters. The lowest BCUT2D eigenvalue weighted by Gasteiger charge is -2.31. The van der Waals surface area contributed by atoms with E-state index in [9.17, 15) is 13.2 Å². The van der Waals surface area contributed by atoms with Crippen LogP contribution in [0.5, 0.6) is 0 Å². The van der Waals surface area contributed by atoms with Crippen LogP contribution in [0.4, 0.5) is 0 Å². The lowest BCUT2D eigenvalue weighted by atomic mass is 9.97. The summed E-state index contributed by atoms with van der Waals surface area (Å²) < 4.78 is 32.6. The van der Waals surface area contributed by atoms with Gasteiger partial charge in [-0.2, -0.15) is 0 Å². The van der Waals surface area contributed by atoms with E-state index in [1.54, 1.807) is 6.20 Å². The van der Waals surface area contributed by atoms with Crippen LogP contribution < -0.4 is 0 Å². The Hall–Kier alpha value is -2.25. The highest BCUT2D eigenvalue weighted by Crippen LogP contribution is 2.28. The van der Waals surface area contributed by atoms with E-state index >= 15 is 0 Å². The highest BCUT2D eigenvalue weighted by atomic mass is 32.2. The average molecular weight is 417 g/mol. The molecule has 0 spiro atoms. The number of esters is 1. The molecule has 7 heteroatoms. The number of rotatable bonds is 7. The number of carbonyl (C=O) groups excluding carboxylic acids is 1. The van der Waals surface area contributed by atoms with Crippen molar-refractivity contribution in [3.63, 3.8) is 0 Å². The maximum Gasteiger partial charge on any atom is 0.309 e. The Bertz CT molecular complexity index is 893. The Morgan fingerprint density at radius 2 is 1.76 bits per heavy atom. The minimum atomic E-state index is -3.39. The molecule has 1 aromatic heterocycles. The fourth-order valence-corrected chi connectivity index (χ4v) is 5.11. The summed E-state index contributed by atoms with van der Waals surface area (Å²) in [5.41, 5.74) is 1.50. The molecule has 0 amide bonds. The third-order valence-electron chi connectivity index (χ3n) is 5.20. The monoisotopic (exact) mass is 416 g/mol. The molecule has 0 radical (unpaired) electrons. The average Bonchev–Trinajstić information content (AvgIpc) is 2.73. The molecule has 6 nitrogen and oxygen atoms in total. The number of benzene rings is 1. The van der Waals surface area contributed by atoms with Crippen molar-refractivity contribution in [2.45, 2.75) is 38.5 Å². The summed E-state index contributed by atoms with van der Waals surface area (Å²) >= 11 is 0. The van der Waals surface area contributed by atoms with Crippen LogP contribution in [-0.2, 0) is 25.3 Å². The Balaban J connectivity index is 1.57. The van der Waals surface area contributed by atoms with E-state index < -0.39 is 16.1 Å². The van der Waals surface area contributed by atoms with Gasteiger partial charge < -0.3 is 4.74 Å². The molecule has 0 N–H and O–H groups in total. The number of carbonyl (C=O) groups is 1. The number of ether oxygens (including phenoxy) is 1. The summed E-state index contributed by atoms with van der Waals surface area (Å²) in [5.74, 6) is -0.476. The maximum atomic E-state index is 12.7. The summed E-state index contributed by atoms with van der Waals surface area (Å²) in [6.07, 6.45) is 2.23. The molecule has 1 fully saturated rings. The van der Waals surface area contributed by atoms with Crippen molar-refractivity contribution >= 4 is 16.0 Å². The third-order valence-corrected chi connectivity index (χ3v) is 7.05. The molecule has 2 heterocycles. The Labute approximate surface area is 173 Å². The van der Waals surface area contributed by atoms with Crippen LogP contribution in [0.25, 0.3) is 0 Å². The van der Waals surface area contributed by atoms with E-state index in [-0.39, 0.29) is 23.6 Å². The molecule has 3 rings (SSSR count). The van der Waals surface area contributed by atoms with Crippen molar-refractivity contribution in [3.8, 4) is 0 Å². The van der Waals surface area contributed by atoms with Gasteiger partial charge in [-0.15, -0.1) is 0 Å². The first-order valence-corrected chi connectivity index (χ1v) is 11.6. The number of pyridine rings is 1. The molecule has 2 aromatic rings. The minimum absolute atomic E-state index is 0.0158. The Morgan fingerprint density at radius 1 is 1.10 bits per heavy atom. The van der Waals surface area contributed by atoms with Crippen LogP contribution >= 0.6 is 0 Å². The number of piperidine rings is 1. The second kappa shape index (κ2) is 9.50. The van der Waals surface area contributed by atoms with Gasteiger partial charge >= 0.3 is 5.97 Å². The van der Waals surface area contributed by atoms with E-state index in [2.05, 4.69) is 4.98 Å². The second-order valence-corrected chi connectivity index (χ2v) is 9.74. The van der Waals surface area contributed by atoms with Crippen LogP contribution in [0, 0.1) is 11.8 Å². The van der Waals surface area contributed by atoms with Gasteiger partial charge in [-0.05, 0) is 36.5 Å². The van der Waals surface area contributed by atoms with Gasteiger partial charge in [0.05, 0.1) is 17.4 Å². The normalized spacial score (nSPS) is 17.2. The topological polar surface area (TPSA) is 76.6 Å². The second-order valence-electron chi connectivity index (χ2n) is 7.77. The molecular weight excluding hydrogens is 388 g/mol. The van der Waals surface area contributed by atoms with Crippen LogP contribution in [0.1, 0.15) is 44.1 Å². The first-order valence-electron chi connectivity index (χ1n) is 10.00. The summed E-state index contributed by atoms with van der Waals surface area (Å²) in [4.78, 5) is 17.0. The Morgan fingerprint density at radius 3 is 2.34 bits per heavy atom. The van der Waals surface area contributed by atoms with Gasteiger partial charge in [0.25, 0.3) is 0 Å². The SMILES string of the molecule is CC(C)C(OC(=O)C1CCN(S(=O)(=O)Cc2ccccc2)CC1)c1ccccn1. The van der Waals surface area contributed by atoms with Crippen molar-refractivity contribution in [2.75, 3.05) is 13.1 Å². The number of sulfonamides is 1. The molecule has 1 aromatic carbocycles.